The Bertz CT molecular complexity index is 507. The summed E-state index contributed by atoms with van der Waals surface area (Å²) in [5.74, 6) is -0.137. The molecule has 156 valence electrons. The highest BCUT2D eigenvalue weighted by molar-refractivity contribution is 5.81. The molecule has 0 spiro atoms. The fourth-order valence-corrected chi connectivity index (χ4v) is 3.97. The molecule has 27 heavy (non-hydrogen) atoms. The zero-order chi connectivity index (χ0) is 20.9. The van der Waals surface area contributed by atoms with E-state index < -0.39 is 0 Å². The van der Waals surface area contributed by atoms with E-state index in [2.05, 4.69) is 26.8 Å². The Morgan fingerprint density at radius 3 is 2.48 bits per heavy atom. The number of allylic oxidation sites excluding steroid dienone is 3. The molecular formula is C23H40O4. The van der Waals surface area contributed by atoms with Gasteiger partial charge in [0, 0.05) is 13.0 Å². The summed E-state index contributed by atoms with van der Waals surface area (Å²) in [6, 6.07) is 0. The molecule has 0 aromatic carbocycles. The van der Waals surface area contributed by atoms with Crippen LogP contribution in [-0.2, 0) is 19.1 Å². The van der Waals surface area contributed by atoms with Crippen LogP contribution in [0.2, 0.25) is 0 Å². The Kier molecular flexibility index (Phi) is 12.8. The summed E-state index contributed by atoms with van der Waals surface area (Å²) >= 11 is 0. The highest BCUT2D eigenvalue weighted by atomic mass is 16.5. The topological polar surface area (TPSA) is 52.6 Å². The Morgan fingerprint density at radius 1 is 1.26 bits per heavy atom. The van der Waals surface area contributed by atoms with Gasteiger partial charge in [-0.3, -0.25) is 4.79 Å². The van der Waals surface area contributed by atoms with Crippen molar-refractivity contribution >= 4 is 11.9 Å². The van der Waals surface area contributed by atoms with E-state index in [1.54, 1.807) is 6.92 Å². The molecule has 3 unspecified atom stereocenters. The van der Waals surface area contributed by atoms with Crippen molar-refractivity contribution in [2.75, 3.05) is 6.61 Å². The molecule has 1 rings (SSSR count). The molecule has 1 fully saturated rings. The quantitative estimate of drug-likeness (QED) is 0.294. The largest absolute Gasteiger partial charge is 0.463 e. The van der Waals surface area contributed by atoms with Crippen LogP contribution in [0.25, 0.3) is 0 Å². The molecule has 4 nitrogen and oxygen atoms in total. The molecule has 3 atom stereocenters. The fraction of sp³-hybridized carbons (Fsp3) is 0.739. The lowest BCUT2D eigenvalue weighted by Gasteiger charge is -2.42. The first kappa shape index (κ1) is 25.4. The van der Waals surface area contributed by atoms with Gasteiger partial charge < -0.3 is 9.47 Å². The van der Waals surface area contributed by atoms with Gasteiger partial charge in [-0.1, -0.05) is 52.3 Å². The summed E-state index contributed by atoms with van der Waals surface area (Å²) in [5, 5.41) is 0. The lowest BCUT2D eigenvalue weighted by atomic mass is 9.65. The van der Waals surface area contributed by atoms with Crippen molar-refractivity contribution in [1.29, 1.82) is 0 Å². The number of hydrogen-bond donors (Lipinski definition) is 0. The van der Waals surface area contributed by atoms with Gasteiger partial charge in [0.1, 0.15) is 6.10 Å². The summed E-state index contributed by atoms with van der Waals surface area (Å²) in [4.78, 5) is 22.8. The van der Waals surface area contributed by atoms with Crippen molar-refractivity contribution in [3.8, 4) is 0 Å². The molecule has 0 amide bonds. The fourth-order valence-electron chi connectivity index (χ4n) is 3.97. The first-order chi connectivity index (χ1) is 12.8. The lowest BCUT2D eigenvalue weighted by molar-refractivity contribution is -0.149. The molecule has 0 saturated heterocycles. The van der Waals surface area contributed by atoms with Crippen molar-refractivity contribution in [2.24, 2.45) is 11.3 Å². The zero-order valence-electron chi connectivity index (χ0n) is 18.5. The minimum Gasteiger partial charge on any atom is -0.463 e. The summed E-state index contributed by atoms with van der Waals surface area (Å²) < 4.78 is 10.4. The van der Waals surface area contributed by atoms with Crippen molar-refractivity contribution in [2.45, 2.75) is 93.1 Å². The van der Waals surface area contributed by atoms with Crippen molar-refractivity contribution in [1.82, 2.24) is 0 Å². The third kappa shape index (κ3) is 9.25. The summed E-state index contributed by atoms with van der Waals surface area (Å²) in [6.45, 7) is 14.3. The molecule has 0 bridgehead atoms. The standard InChI is InChI=1S/C21H34O4.C2H6/c1-6-10-19(16(3)11-8-13-20(23)24-7-2)21(5)14-9-12-18(15-21)25-17(4)22;1-2/h8,10,13,16,18H,6-7,9,11-12,14-15H2,1-5H3;1-2H3/b13-8+,19-10-;. The summed E-state index contributed by atoms with van der Waals surface area (Å²) in [5.41, 5.74) is 1.46. The van der Waals surface area contributed by atoms with Crippen LogP contribution < -0.4 is 0 Å². The predicted octanol–water partition coefficient (Wildman–Crippen LogP) is 6.01. The summed E-state index contributed by atoms with van der Waals surface area (Å²) in [7, 11) is 0. The van der Waals surface area contributed by atoms with Crippen molar-refractivity contribution in [3.63, 3.8) is 0 Å². The molecule has 1 saturated carbocycles. The Labute approximate surface area is 166 Å². The van der Waals surface area contributed by atoms with Gasteiger partial charge >= 0.3 is 11.9 Å². The van der Waals surface area contributed by atoms with E-state index in [-0.39, 0.29) is 23.5 Å². The van der Waals surface area contributed by atoms with Crippen LogP contribution in [0.5, 0.6) is 0 Å². The molecular weight excluding hydrogens is 340 g/mol. The first-order valence-electron chi connectivity index (χ1n) is 10.5. The molecule has 4 heteroatoms. The average molecular weight is 381 g/mol. The van der Waals surface area contributed by atoms with E-state index in [1.807, 2.05) is 19.9 Å². The van der Waals surface area contributed by atoms with E-state index in [4.69, 9.17) is 9.47 Å². The third-order valence-corrected chi connectivity index (χ3v) is 4.95. The molecule has 0 aromatic heterocycles. The number of esters is 2. The van der Waals surface area contributed by atoms with Gasteiger partial charge in [0.05, 0.1) is 6.61 Å². The molecule has 1 aliphatic rings. The molecule has 0 aromatic rings. The molecule has 0 aliphatic heterocycles. The van der Waals surface area contributed by atoms with Gasteiger partial charge in [-0.25, -0.2) is 4.79 Å². The number of carbonyl (C=O) groups is 2. The number of hydrogen-bond acceptors (Lipinski definition) is 4. The van der Waals surface area contributed by atoms with Crippen LogP contribution in [0.3, 0.4) is 0 Å². The van der Waals surface area contributed by atoms with E-state index in [0.717, 1.165) is 38.5 Å². The van der Waals surface area contributed by atoms with Gasteiger partial charge in [0.25, 0.3) is 0 Å². The minimum absolute atomic E-state index is 0.0128. The smallest absolute Gasteiger partial charge is 0.330 e. The van der Waals surface area contributed by atoms with Crippen LogP contribution in [0.1, 0.15) is 87.0 Å². The zero-order valence-corrected chi connectivity index (χ0v) is 18.5. The second-order valence-corrected chi connectivity index (χ2v) is 7.25. The Hall–Kier alpha value is -1.58. The average Bonchev–Trinajstić information content (AvgIpc) is 2.61. The third-order valence-electron chi connectivity index (χ3n) is 4.95. The SMILES string of the molecule is CC.CC/C=C(/C(C)C/C=C/C(=O)OCC)C1(C)CCCC(OC(C)=O)C1. The Morgan fingerprint density at radius 2 is 1.93 bits per heavy atom. The second kappa shape index (κ2) is 13.6. The highest BCUT2D eigenvalue weighted by Gasteiger charge is 2.37. The van der Waals surface area contributed by atoms with Crippen LogP contribution in [0.4, 0.5) is 0 Å². The van der Waals surface area contributed by atoms with Crippen LogP contribution >= 0.6 is 0 Å². The van der Waals surface area contributed by atoms with Crippen molar-refractivity contribution in [3.05, 3.63) is 23.8 Å². The maximum atomic E-state index is 11.5. The van der Waals surface area contributed by atoms with E-state index >= 15 is 0 Å². The van der Waals surface area contributed by atoms with Crippen molar-refractivity contribution < 1.29 is 19.1 Å². The number of carbonyl (C=O) groups excluding carboxylic acids is 2. The van der Waals surface area contributed by atoms with Gasteiger partial charge in [0.2, 0.25) is 0 Å². The maximum Gasteiger partial charge on any atom is 0.330 e. The minimum atomic E-state index is -0.283. The predicted molar refractivity (Wildman–Crippen MR) is 111 cm³/mol. The molecule has 0 N–H and O–H groups in total. The normalized spacial score (nSPS) is 24.0. The molecule has 1 aliphatic carbocycles. The lowest BCUT2D eigenvalue weighted by Crippen LogP contribution is -2.34. The molecule has 0 radical (unpaired) electrons. The van der Waals surface area contributed by atoms with Gasteiger partial charge in [-0.15, -0.1) is 0 Å². The molecule has 0 heterocycles. The second-order valence-electron chi connectivity index (χ2n) is 7.25. The highest BCUT2D eigenvalue weighted by Crippen LogP contribution is 2.46. The first-order valence-corrected chi connectivity index (χ1v) is 10.5. The Balaban J connectivity index is 0.00000326. The van der Waals surface area contributed by atoms with Gasteiger partial charge in [0.15, 0.2) is 0 Å². The van der Waals surface area contributed by atoms with Crippen LogP contribution in [-0.4, -0.2) is 24.6 Å². The maximum absolute atomic E-state index is 11.5. The summed E-state index contributed by atoms with van der Waals surface area (Å²) in [6.07, 6.45) is 11.6. The van der Waals surface area contributed by atoms with Gasteiger partial charge in [-0.05, 0) is 56.8 Å². The van der Waals surface area contributed by atoms with E-state index in [1.165, 1.54) is 18.6 Å². The van der Waals surface area contributed by atoms with E-state index in [0.29, 0.717) is 12.5 Å². The van der Waals surface area contributed by atoms with Gasteiger partial charge in [-0.2, -0.15) is 0 Å². The van der Waals surface area contributed by atoms with Crippen LogP contribution in [0, 0.1) is 11.3 Å². The van der Waals surface area contributed by atoms with E-state index in [9.17, 15) is 9.59 Å². The van der Waals surface area contributed by atoms with Crippen LogP contribution in [0.15, 0.2) is 23.8 Å². The monoisotopic (exact) mass is 380 g/mol. The number of ether oxygens (including phenoxy) is 2. The number of rotatable bonds is 8.